The van der Waals surface area contributed by atoms with Gasteiger partial charge in [0.15, 0.2) is 0 Å². The van der Waals surface area contributed by atoms with Crippen molar-refractivity contribution in [3.8, 4) is 0 Å². The van der Waals surface area contributed by atoms with E-state index >= 15 is 0 Å². The van der Waals surface area contributed by atoms with Gasteiger partial charge in [0.1, 0.15) is 11.6 Å². The molecule has 1 aromatic carbocycles. The number of benzene rings is 1. The van der Waals surface area contributed by atoms with Gasteiger partial charge in [0.25, 0.3) is 0 Å². The second kappa shape index (κ2) is 10.8. The molecule has 1 N–H and O–H groups in total. The molecule has 0 amide bonds. The average Bonchev–Trinajstić information content (AvgIpc) is 3.44. The molecule has 6 rings (SSSR count). The SMILES string of the molecule is CC.CC1=CC2C(=CC(F)=C1)C(c1cccc3nn(C)cc13)=NN2c1ccc(N2CCC(C(=O)O)CC2)nc1. The molecule has 1 saturated heterocycles. The maximum absolute atomic E-state index is 14.8. The third kappa shape index (κ3) is 5.08. The third-order valence-corrected chi connectivity index (χ3v) is 7.23. The number of hydrogen-bond acceptors (Lipinski definition) is 6. The number of pyridine rings is 1. The highest BCUT2D eigenvalue weighted by atomic mass is 19.1. The van der Waals surface area contributed by atoms with Gasteiger partial charge in [-0.25, -0.2) is 9.37 Å². The molecule has 1 unspecified atom stereocenters. The maximum Gasteiger partial charge on any atom is 0.306 e. The van der Waals surface area contributed by atoms with Gasteiger partial charge in [0, 0.05) is 42.9 Å². The normalized spacial score (nSPS) is 19.4. The van der Waals surface area contributed by atoms with E-state index in [1.165, 1.54) is 6.08 Å². The summed E-state index contributed by atoms with van der Waals surface area (Å²) in [5, 5.41) is 21.6. The van der Waals surface area contributed by atoms with E-state index in [-0.39, 0.29) is 17.8 Å². The van der Waals surface area contributed by atoms with Crippen molar-refractivity contribution in [1.29, 1.82) is 0 Å². The summed E-state index contributed by atoms with van der Waals surface area (Å²) in [5.41, 5.74) is 4.85. The van der Waals surface area contributed by atoms with E-state index in [1.807, 2.05) is 75.4 Å². The number of piperidine rings is 1. The lowest BCUT2D eigenvalue weighted by Crippen LogP contribution is -2.36. The van der Waals surface area contributed by atoms with Gasteiger partial charge in [-0.1, -0.05) is 32.1 Å². The number of carbonyl (C=O) groups is 1. The Balaban J connectivity index is 0.00000151. The van der Waals surface area contributed by atoms with Crippen LogP contribution in [-0.4, -0.2) is 50.7 Å². The molecule has 0 radical (unpaired) electrons. The van der Waals surface area contributed by atoms with Crippen LogP contribution >= 0.6 is 0 Å². The Bertz CT molecular complexity index is 1510. The fourth-order valence-corrected chi connectivity index (χ4v) is 5.37. The van der Waals surface area contributed by atoms with Crippen LogP contribution in [0.4, 0.5) is 15.9 Å². The molecule has 0 spiro atoms. The first-order valence-electron chi connectivity index (χ1n) is 13.4. The zero-order valence-electron chi connectivity index (χ0n) is 22.7. The van der Waals surface area contributed by atoms with Crippen LogP contribution in [0.3, 0.4) is 0 Å². The molecule has 3 aliphatic rings. The Hall–Kier alpha value is -4.27. The Kier molecular flexibility index (Phi) is 7.32. The number of nitrogens with zero attached hydrogens (tertiary/aromatic N) is 6. The van der Waals surface area contributed by atoms with Gasteiger partial charge in [-0.15, -0.1) is 0 Å². The number of halogens is 1. The van der Waals surface area contributed by atoms with Crippen LogP contribution in [-0.2, 0) is 11.8 Å². The van der Waals surface area contributed by atoms with E-state index in [1.54, 1.807) is 17.0 Å². The molecule has 0 saturated carbocycles. The number of anilines is 2. The van der Waals surface area contributed by atoms with Gasteiger partial charge in [-0.2, -0.15) is 10.2 Å². The van der Waals surface area contributed by atoms with Crippen molar-refractivity contribution in [3.63, 3.8) is 0 Å². The number of hydrazone groups is 1. The van der Waals surface area contributed by atoms with Crippen molar-refractivity contribution < 1.29 is 14.3 Å². The first-order chi connectivity index (χ1) is 18.9. The minimum Gasteiger partial charge on any atom is -0.481 e. The van der Waals surface area contributed by atoms with Gasteiger partial charge in [0.2, 0.25) is 0 Å². The van der Waals surface area contributed by atoms with Gasteiger partial charge < -0.3 is 10.0 Å². The first kappa shape index (κ1) is 26.3. The van der Waals surface area contributed by atoms with Crippen molar-refractivity contribution in [3.05, 3.63) is 83.5 Å². The molecule has 2 aromatic heterocycles. The van der Waals surface area contributed by atoms with Crippen LogP contribution in [0.1, 0.15) is 39.2 Å². The van der Waals surface area contributed by atoms with Crippen LogP contribution in [0.2, 0.25) is 0 Å². The minimum absolute atomic E-state index is 0.287. The molecule has 1 aliphatic carbocycles. The van der Waals surface area contributed by atoms with Crippen LogP contribution in [0.25, 0.3) is 10.9 Å². The summed E-state index contributed by atoms with van der Waals surface area (Å²) in [6, 6.07) is 9.52. The number of allylic oxidation sites excluding steroid dienone is 4. The highest BCUT2D eigenvalue weighted by molar-refractivity contribution is 6.21. The van der Waals surface area contributed by atoms with E-state index in [9.17, 15) is 14.3 Å². The number of carboxylic acids is 1. The maximum atomic E-state index is 14.8. The molecule has 202 valence electrons. The Morgan fingerprint density at radius 1 is 1.10 bits per heavy atom. The largest absolute Gasteiger partial charge is 0.481 e. The van der Waals surface area contributed by atoms with Crippen LogP contribution in [0.15, 0.2) is 83.0 Å². The lowest BCUT2D eigenvalue weighted by atomic mass is 9.95. The minimum atomic E-state index is -0.728. The van der Waals surface area contributed by atoms with E-state index in [0.717, 1.165) is 39.1 Å². The summed E-state index contributed by atoms with van der Waals surface area (Å²) in [6.07, 6.45) is 10.1. The summed E-state index contributed by atoms with van der Waals surface area (Å²) >= 11 is 0. The summed E-state index contributed by atoms with van der Waals surface area (Å²) in [6.45, 7) is 7.20. The molecule has 1 fully saturated rings. The van der Waals surface area contributed by atoms with Crippen molar-refractivity contribution >= 4 is 34.1 Å². The van der Waals surface area contributed by atoms with E-state index in [2.05, 4.69) is 15.0 Å². The number of aryl methyl sites for hydroxylation is 1. The molecule has 2 aliphatic heterocycles. The Morgan fingerprint density at radius 2 is 1.87 bits per heavy atom. The molecule has 8 nitrogen and oxygen atoms in total. The van der Waals surface area contributed by atoms with Gasteiger partial charge in [-0.05, 0) is 55.7 Å². The first-order valence-corrected chi connectivity index (χ1v) is 13.4. The summed E-state index contributed by atoms with van der Waals surface area (Å²) in [4.78, 5) is 18.1. The molecule has 1 atom stereocenters. The summed E-state index contributed by atoms with van der Waals surface area (Å²) in [7, 11) is 1.88. The smallest absolute Gasteiger partial charge is 0.306 e. The number of rotatable bonds is 4. The topological polar surface area (TPSA) is 86.9 Å². The number of carboxylic acid groups (broad SMARTS) is 1. The Labute approximate surface area is 227 Å². The van der Waals surface area contributed by atoms with Crippen LogP contribution in [0, 0.1) is 5.92 Å². The lowest BCUT2D eigenvalue weighted by Gasteiger charge is -2.31. The molecule has 9 heteroatoms. The summed E-state index contributed by atoms with van der Waals surface area (Å²) in [5.74, 6) is -0.514. The van der Waals surface area contributed by atoms with E-state index < -0.39 is 5.97 Å². The third-order valence-electron chi connectivity index (χ3n) is 7.23. The van der Waals surface area contributed by atoms with Gasteiger partial charge in [0.05, 0.1) is 35.1 Å². The second-order valence-corrected chi connectivity index (χ2v) is 9.79. The number of hydrogen-bond donors (Lipinski definition) is 1. The predicted octanol–water partition coefficient (Wildman–Crippen LogP) is 5.63. The number of aliphatic carboxylic acids is 1. The van der Waals surface area contributed by atoms with Crippen molar-refractivity contribution in [1.82, 2.24) is 14.8 Å². The molecule has 39 heavy (non-hydrogen) atoms. The molecule has 4 heterocycles. The fourth-order valence-electron chi connectivity index (χ4n) is 5.37. The average molecular weight is 529 g/mol. The van der Waals surface area contributed by atoms with Crippen molar-refractivity contribution in [2.45, 2.75) is 39.7 Å². The second-order valence-electron chi connectivity index (χ2n) is 9.79. The highest BCUT2D eigenvalue weighted by Gasteiger charge is 2.35. The molecular formula is C30H33FN6O2. The quantitative estimate of drug-likeness (QED) is 0.473. The van der Waals surface area contributed by atoms with Gasteiger partial charge >= 0.3 is 5.97 Å². The zero-order chi connectivity index (χ0) is 27.7. The fraction of sp³-hybridized carbons (Fsp3) is 0.333. The Morgan fingerprint density at radius 3 is 2.56 bits per heavy atom. The zero-order valence-corrected chi connectivity index (χ0v) is 22.7. The predicted molar refractivity (Wildman–Crippen MR) is 153 cm³/mol. The van der Waals surface area contributed by atoms with Crippen LogP contribution < -0.4 is 9.91 Å². The summed E-state index contributed by atoms with van der Waals surface area (Å²) < 4.78 is 16.6. The van der Waals surface area contributed by atoms with Crippen molar-refractivity contribution in [2.75, 3.05) is 23.0 Å². The number of fused-ring (bicyclic) bond motifs is 2. The number of aromatic nitrogens is 3. The monoisotopic (exact) mass is 528 g/mol. The molecule has 3 aromatic rings. The van der Waals surface area contributed by atoms with Gasteiger partial charge in [-0.3, -0.25) is 14.5 Å². The molecule has 0 bridgehead atoms. The van der Waals surface area contributed by atoms with E-state index in [0.29, 0.717) is 31.6 Å². The highest BCUT2D eigenvalue weighted by Crippen LogP contribution is 2.36. The standard InChI is InChI=1S/C28H27FN6O2.C2H6/c1-17-12-19(29)14-22-25(13-17)35(32-27(22)21-4-3-5-24-23(21)16-33(2)31-24)20-6-7-26(30-15-20)34-10-8-18(9-11-34)28(36)37;1-2/h3-7,12-16,18,25H,8-11H2,1-2H3,(H,36,37);1-2H3. The van der Waals surface area contributed by atoms with E-state index in [4.69, 9.17) is 5.10 Å². The van der Waals surface area contributed by atoms with Crippen LogP contribution in [0.5, 0.6) is 0 Å². The lowest BCUT2D eigenvalue weighted by molar-refractivity contribution is -0.142. The molecular weight excluding hydrogens is 495 g/mol. The van der Waals surface area contributed by atoms with Crippen molar-refractivity contribution in [2.24, 2.45) is 18.1 Å².